The van der Waals surface area contributed by atoms with Gasteiger partial charge in [-0.05, 0) is 6.07 Å². The molecule has 0 spiro atoms. The summed E-state index contributed by atoms with van der Waals surface area (Å²) in [6.45, 7) is -0.620. The lowest BCUT2D eigenvalue weighted by Crippen LogP contribution is -2.21. The Morgan fingerprint density at radius 3 is 2.42 bits per heavy atom. The van der Waals surface area contributed by atoms with Crippen LogP contribution in [0.4, 0.5) is 22.0 Å². The van der Waals surface area contributed by atoms with Gasteiger partial charge >= 0.3 is 12.3 Å². The van der Waals surface area contributed by atoms with Crippen LogP contribution in [0, 0.1) is 0 Å². The van der Waals surface area contributed by atoms with Crippen LogP contribution in [0.3, 0.4) is 0 Å². The van der Waals surface area contributed by atoms with E-state index in [9.17, 15) is 26.7 Å². The molecule has 0 saturated heterocycles. The van der Waals surface area contributed by atoms with Crippen molar-refractivity contribution in [1.29, 1.82) is 0 Å². The Kier molecular flexibility index (Phi) is 4.24. The molecular formula is C9H7F5N2O3. The number of halogens is 5. The molecule has 3 N–H and O–H groups in total. The van der Waals surface area contributed by atoms with Gasteiger partial charge in [0.25, 0.3) is 6.43 Å². The number of hydrogen-bond acceptors (Lipinski definition) is 4. The zero-order chi connectivity index (χ0) is 14.8. The predicted molar refractivity (Wildman–Crippen MR) is 50.7 cm³/mol. The molecule has 0 aliphatic rings. The van der Waals surface area contributed by atoms with Crippen LogP contribution in [0.1, 0.15) is 28.2 Å². The lowest BCUT2D eigenvalue weighted by atomic mass is 10.1. The molecule has 0 bridgehead atoms. The molecule has 1 heterocycles. The third kappa shape index (κ3) is 3.74. The number of aromatic nitrogens is 1. The fraction of sp³-hybridized carbons (Fsp3) is 0.333. The van der Waals surface area contributed by atoms with Crippen molar-refractivity contribution < 1.29 is 36.6 Å². The van der Waals surface area contributed by atoms with E-state index in [-0.39, 0.29) is 0 Å². The minimum atomic E-state index is -5.12. The second-order valence-electron chi connectivity index (χ2n) is 3.22. The van der Waals surface area contributed by atoms with Gasteiger partial charge in [-0.3, -0.25) is 0 Å². The standard InChI is InChI=1S/C9H7F5N2O3/c10-7(11)6-3(8(17)18)1-5(4(2-15)16-6)19-9(12,13)14/h1,7H,2,15H2,(H,17,18). The Labute approximate surface area is 102 Å². The van der Waals surface area contributed by atoms with Crippen molar-refractivity contribution in [3.8, 4) is 5.75 Å². The number of ether oxygens (including phenoxy) is 1. The van der Waals surface area contributed by atoms with Crippen LogP contribution >= 0.6 is 0 Å². The zero-order valence-corrected chi connectivity index (χ0v) is 9.04. The van der Waals surface area contributed by atoms with E-state index in [4.69, 9.17) is 10.8 Å². The summed E-state index contributed by atoms with van der Waals surface area (Å²) >= 11 is 0. The summed E-state index contributed by atoms with van der Waals surface area (Å²) in [6.07, 6.45) is -8.38. The quantitative estimate of drug-likeness (QED) is 0.828. The first-order valence-electron chi connectivity index (χ1n) is 4.66. The van der Waals surface area contributed by atoms with E-state index in [1.807, 2.05) is 0 Å². The smallest absolute Gasteiger partial charge is 0.478 e. The Balaban J connectivity index is 3.40. The number of nitrogens with two attached hydrogens (primary N) is 1. The molecule has 1 aromatic heterocycles. The van der Waals surface area contributed by atoms with E-state index in [0.29, 0.717) is 6.07 Å². The van der Waals surface area contributed by atoms with Crippen molar-refractivity contribution in [1.82, 2.24) is 4.98 Å². The van der Waals surface area contributed by atoms with Gasteiger partial charge in [0.05, 0.1) is 11.3 Å². The topological polar surface area (TPSA) is 85.4 Å². The fourth-order valence-electron chi connectivity index (χ4n) is 1.25. The average molecular weight is 286 g/mol. The van der Waals surface area contributed by atoms with E-state index in [1.54, 1.807) is 0 Å². The number of carboxylic acids is 1. The van der Waals surface area contributed by atoms with Crippen molar-refractivity contribution in [2.75, 3.05) is 0 Å². The largest absolute Gasteiger partial charge is 0.573 e. The third-order valence-corrected chi connectivity index (χ3v) is 1.95. The molecule has 0 atom stereocenters. The van der Waals surface area contributed by atoms with Crippen LogP contribution in [-0.4, -0.2) is 22.4 Å². The van der Waals surface area contributed by atoms with Crippen molar-refractivity contribution in [3.63, 3.8) is 0 Å². The van der Waals surface area contributed by atoms with Crippen LogP contribution in [0.5, 0.6) is 5.75 Å². The summed E-state index contributed by atoms with van der Waals surface area (Å²) in [4.78, 5) is 13.8. The van der Waals surface area contributed by atoms with Gasteiger partial charge < -0.3 is 15.6 Å². The lowest BCUT2D eigenvalue weighted by molar-refractivity contribution is -0.275. The van der Waals surface area contributed by atoms with E-state index in [0.717, 1.165) is 0 Å². The molecule has 1 aromatic rings. The van der Waals surface area contributed by atoms with Gasteiger partial charge in [-0.1, -0.05) is 0 Å². The Morgan fingerprint density at radius 2 is 2.05 bits per heavy atom. The highest BCUT2D eigenvalue weighted by Gasteiger charge is 2.34. The molecule has 106 valence electrons. The number of nitrogens with zero attached hydrogens (tertiary/aromatic N) is 1. The molecule has 10 heteroatoms. The molecule has 0 aliphatic heterocycles. The van der Waals surface area contributed by atoms with Gasteiger partial charge in [0.1, 0.15) is 5.69 Å². The first kappa shape index (κ1) is 15.1. The molecule has 0 amide bonds. The first-order chi connectivity index (χ1) is 8.65. The number of pyridine rings is 1. The van der Waals surface area contributed by atoms with Crippen LogP contribution in [0.15, 0.2) is 6.07 Å². The average Bonchev–Trinajstić information content (AvgIpc) is 2.25. The molecule has 0 unspecified atom stereocenters. The molecule has 0 fully saturated rings. The Bertz CT molecular complexity index is 489. The van der Waals surface area contributed by atoms with Crippen LogP contribution in [0.2, 0.25) is 0 Å². The summed E-state index contributed by atoms with van der Waals surface area (Å²) in [5.41, 5.74) is 2.21. The number of carboxylic acid groups (broad SMARTS) is 1. The van der Waals surface area contributed by atoms with Crippen molar-refractivity contribution >= 4 is 5.97 Å². The Hall–Kier alpha value is -1.97. The summed E-state index contributed by atoms with van der Waals surface area (Å²) < 4.78 is 64.8. The molecule has 5 nitrogen and oxygen atoms in total. The van der Waals surface area contributed by atoms with Crippen molar-refractivity contribution in [2.24, 2.45) is 5.73 Å². The molecular weight excluding hydrogens is 279 g/mol. The van der Waals surface area contributed by atoms with Gasteiger partial charge in [0.15, 0.2) is 5.75 Å². The SMILES string of the molecule is NCc1nc(C(F)F)c(C(=O)O)cc1OC(F)(F)F. The maximum absolute atomic E-state index is 12.5. The third-order valence-electron chi connectivity index (χ3n) is 1.95. The highest BCUT2D eigenvalue weighted by molar-refractivity contribution is 5.89. The summed E-state index contributed by atoms with van der Waals surface area (Å²) in [6, 6.07) is 0.326. The maximum atomic E-state index is 12.5. The minimum Gasteiger partial charge on any atom is -0.478 e. The molecule has 19 heavy (non-hydrogen) atoms. The van der Waals surface area contributed by atoms with Crippen LogP contribution in [-0.2, 0) is 6.54 Å². The monoisotopic (exact) mass is 286 g/mol. The van der Waals surface area contributed by atoms with E-state index < -0.39 is 48.0 Å². The predicted octanol–water partition coefficient (Wildman–Crippen LogP) is 2.07. The normalized spacial score (nSPS) is 11.7. The summed E-state index contributed by atoms with van der Waals surface area (Å²) in [5.74, 6) is -2.87. The van der Waals surface area contributed by atoms with E-state index in [1.165, 1.54) is 0 Å². The molecule has 0 aromatic carbocycles. The molecule has 0 aliphatic carbocycles. The number of aromatic carboxylic acids is 1. The first-order valence-corrected chi connectivity index (χ1v) is 4.66. The van der Waals surface area contributed by atoms with Crippen molar-refractivity contribution in [2.45, 2.75) is 19.3 Å². The van der Waals surface area contributed by atoms with Gasteiger partial charge in [0.2, 0.25) is 0 Å². The second-order valence-corrected chi connectivity index (χ2v) is 3.22. The van der Waals surface area contributed by atoms with E-state index in [2.05, 4.69) is 9.72 Å². The molecule has 1 rings (SSSR count). The van der Waals surface area contributed by atoms with Gasteiger partial charge in [-0.25, -0.2) is 18.6 Å². The number of carbonyl (C=O) groups is 1. The molecule has 0 radical (unpaired) electrons. The van der Waals surface area contributed by atoms with Gasteiger partial charge in [-0.2, -0.15) is 0 Å². The highest BCUT2D eigenvalue weighted by atomic mass is 19.4. The number of rotatable bonds is 4. The maximum Gasteiger partial charge on any atom is 0.573 e. The van der Waals surface area contributed by atoms with Crippen LogP contribution in [0.25, 0.3) is 0 Å². The van der Waals surface area contributed by atoms with Gasteiger partial charge in [-0.15, -0.1) is 13.2 Å². The number of hydrogen-bond donors (Lipinski definition) is 2. The second kappa shape index (κ2) is 5.34. The summed E-state index contributed by atoms with van der Waals surface area (Å²) in [7, 11) is 0. The zero-order valence-electron chi connectivity index (χ0n) is 9.04. The fourth-order valence-corrected chi connectivity index (χ4v) is 1.25. The highest BCUT2D eigenvalue weighted by Crippen LogP contribution is 2.30. The lowest BCUT2D eigenvalue weighted by Gasteiger charge is -2.14. The summed E-state index contributed by atoms with van der Waals surface area (Å²) in [5, 5.41) is 8.66. The Morgan fingerprint density at radius 1 is 1.47 bits per heavy atom. The number of alkyl halides is 5. The van der Waals surface area contributed by atoms with Gasteiger partial charge in [0, 0.05) is 6.54 Å². The minimum absolute atomic E-state index is 0.326. The van der Waals surface area contributed by atoms with Crippen LogP contribution < -0.4 is 10.5 Å². The van der Waals surface area contributed by atoms with E-state index >= 15 is 0 Å². The van der Waals surface area contributed by atoms with Crippen molar-refractivity contribution in [3.05, 3.63) is 23.0 Å². The molecule has 0 saturated carbocycles.